The molecule has 0 fully saturated rings. The van der Waals surface area contributed by atoms with Crippen molar-refractivity contribution < 1.29 is 14.0 Å². The average molecular weight is 330 g/mol. The topological polar surface area (TPSA) is 37.4 Å². The van der Waals surface area contributed by atoms with Crippen LogP contribution in [0, 0.1) is 5.82 Å². The number of fused-ring (bicyclic) bond motifs is 1. The van der Waals surface area contributed by atoms with Crippen LogP contribution in [0.1, 0.15) is 15.2 Å². The fourth-order valence-corrected chi connectivity index (χ4v) is 3.28. The summed E-state index contributed by atoms with van der Waals surface area (Å²) >= 11 is 12.8. The van der Waals surface area contributed by atoms with E-state index in [0.29, 0.717) is 4.34 Å². The molecule has 1 aromatic carbocycles. The molecule has 0 N–H and O–H groups in total. The van der Waals surface area contributed by atoms with Crippen LogP contribution in [-0.4, -0.2) is 11.7 Å². The molecule has 1 aromatic heterocycles. The van der Waals surface area contributed by atoms with E-state index in [1.165, 1.54) is 22.3 Å². The lowest BCUT2D eigenvalue weighted by molar-refractivity contribution is -0.114. The minimum Gasteiger partial charge on any atom is -0.299 e. The number of nitrogens with zero attached hydrogens (tertiary/aromatic N) is 1. The summed E-state index contributed by atoms with van der Waals surface area (Å²) in [7, 11) is 0. The zero-order valence-corrected chi connectivity index (χ0v) is 12.2. The van der Waals surface area contributed by atoms with Gasteiger partial charge in [-0.2, -0.15) is 0 Å². The van der Waals surface area contributed by atoms with Gasteiger partial charge in [0.2, 0.25) is 0 Å². The van der Waals surface area contributed by atoms with E-state index in [1.54, 1.807) is 12.1 Å². The number of anilines is 1. The van der Waals surface area contributed by atoms with Crippen molar-refractivity contribution in [1.29, 1.82) is 0 Å². The van der Waals surface area contributed by atoms with Crippen LogP contribution in [0.4, 0.5) is 10.1 Å². The molecule has 3 nitrogen and oxygen atoms in total. The molecule has 0 saturated heterocycles. The molecule has 2 heterocycles. The van der Waals surface area contributed by atoms with Gasteiger partial charge in [-0.1, -0.05) is 23.2 Å². The molecular weight excluding hydrogens is 324 g/mol. The minimum atomic E-state index is -0.689. The van der Waals surface area contributed by atoms with Crippen LogP contribution >= 0.6 is 34.5 Å². The number of hydrogen-bond donors (Lipinski definition) is 0. The molecule has 0 spiro atoms. The third-order valence-corrected chi connectivity index (χ3v) is 4.46. The predicted molar refractivity (Wildman–Crippen MR) is 76.3 cm³/mol. The molecular formula is C13H6Cl2FNO2S. The first-order chi connectivity index (χ1) is 9.47. The van der Waals surface area contributed by atoms with Crippen molar-refractivity contribution in [2.75, 3.05) is 4.90 Å². The number of Topliss-reactive ketones (excluding diaryl/α,β-unsaturated/α-hetero) is 1. The number of rotatable bonds is 2. The zero-order chi connectivity index (χ0) is 14.4. The molecule has 1 aliphatic rings. The van der Waals surface area contributed by atoms with Crippen molar-refractivity contribution in [2.45, 2.75) is 6.54 Å². The van der Waals surface area contributed by atoms with Gasteiger partial charge >= 0.3 is 0 Å². The first-order valence-electron chi connectivity index (χ1n) is 5.57. The highest BCUT2D eigenvalue weighted by Gasteiger charge is 2.36. The Morgan fingerprint density at radius 3 is 2.60 bits per heavy atom. The smallest absolute Gasteiger partial charge is 0.299 e. The third kappa shape index (κ3) is 2.12. The Bertz CT molecular complexity index is 744. The summed E-state index contributed by atoms with van der Waals surface area (Å²) < 4.78 is 14.1. The van der Waals surface area contributed by atoms with Crippen molar-refractivity contribution >= 4 is 51.9 Å². The second-order valence-electron chi connectivity index (χ2n) is 4.21. The van der Waals surface area contributed by atoms with Gasteiger partial charge in [0.05, 0.1) is 27.2 Å². The Kier molecular flexibility index (Phi) is 3.28. The molecule has 7 heteroatoms. The molecule has 3 rings (SSSR count). The number of thiophene rings is 1. The summed E-state index contributed by atoms with van der Waals surface area (Å²) in [6.45, 7) is 0.177. The monoisotopic (exact) mass is 329 g/mol. The maximum Gasteiger partial charge on any atom is 0.299 e. The quantitative estimate of drug-likeness (QED) is 0.783. The first kappa shape index (κ1) is 13.5. The van der Waals surface area contributed by atoms with Crippen LogP contribution in [-0.2, 0) is 11.3 Å². The van der Waals surface area contributed by atoms with E-state index in [-0.39, 0.29) is 22.8 Å². The molecule has 0 bridgehead atoms. The Hall–Kier alpha value is -1.43. The van der Waals surface area contributed by atoms with Crippen molar-refractivity contribution in [3.05, 3.63) is 49.9 Å². The first-order valence-corrected chi connectivity index (χ1v) is 7.14. The van der Waals surface area contributed by atoms with Crippen LogP contribution in [0.15, 0.2) is 24.3 Å². The zero-order valence-electron chi connectivity index (χ0n) is 9.82. The third-order valence-electron chi connectivity index (χ3n) is 2.96. The van der Waals surface area contributed by atoms with Gasteiger partial charge < -0.3 is 0 Å². The van der Waals surface area contributed by atoms with Crippen molar-refractivity contribution in [3.63, 3.8) is 0 Å². The number of ketones is 1. The van der Waals surface area contributed by atoms with Gasteiger partial charge in [-0.05, 0) is 24.3 Å². The molecule has 1 aliphatic heterocycles. The molecule has 0 atom stereocenters. The second kappa shape index (κ2) is 4.84. The van der Waals surface area contributed by atoms with Gasteiger partial charge in [-0.15, -0.1) is 11.3 Å². The molecule has 20 heavy (non-hydrogen) atoms. The number of carbonyl (C=O) groups excluding carboxylic acids is 2. The fourth-order valence-electron chi connectivity index (χ4n) is 2.04. The van der Waals surface area contributed by atoms with Crippen LogP contribution in [0.2, 0.25) is 9.36 Å². The predicted octanol–water partition coefficient (Wildman–Crippen LogP) is 3.92. The maximum absolute atomic E-state index is 13.5. The number of halogens is 3. The fraction of sp³-hybridized carbons (Fsp3) is 0.0769. The summed E-state index contributed by atoms with van der Waals surface area (Å²) in [5.41, 5.74) is 0.371. The van der Waals surface area contributed by atoms with Gasteiger partial charge in [0, 0.05) is 4.88 Å². The van der Waals surface area contributed by atoms with E-state index in [1.807, 2.05) is 0 Å². The van der Waals surface area contributed by atoms with Gasteiger partial charge in [-0.25, -0.2) is 4.39 Å². The van der Waals surface area contributed by atoms with Crippen molar-refractivity contribution in [2.24, 2.45) is 0 Å². The van der Waals surface area contributed by atoms with E-state index in [2.05, 4.69) is 0 Å². The Labute approximate surface area is 127 Å². The Morgan fingerprint density at radius 1 is 1.20 bits per heavy atom. The van der Waals surface area contributed by atoms with Gasteiger partial charge in [0.15, 0.2) is 0 Å². The summed E-state index contributed by atoms with van der Waals surface area (Å²) in [6, 6.07) is 5.76. The van der Waals surface area contributed by atoms with E-state index in [9.17, 15) is 14.0 Å². The van der Waals surface area contributed by atoms with Gasteiger partial charge in [0.1, 0.15) is 5.82 Å². The average Bonchev–Trinajstić information content (AvgIpc) is 2.90. The molecule has 0 aliphatic carbocycles. The van der Waals surface area contributed by atoms with E-state index >= 15 is 0 Å². The standard InChI is InChI=1S/C13H6Cl2FNO2S/c14-8-3-7-10(4-9(8)16)17(13(19)12(7)18)5-6-1-2-11(15)20-6/h1-4H,5H2. The minimum absolute atomic E-state index is 0.129. The highest BCUT2D eigenvalue weighted by atomic mass is 35.5. The molecule has 2 aromatic rings. The van der Waals surface area contributed by atoms with Crippen molar-refractivity contribution in [1.82, 2.24) is 0 Å². The van der Waals surface area contributed by atoms with Crippen molar-refractivity contribution in [3.8, 4) is 0 Å². The summed E-state index contributed by atoms with van der Waals surface area (Å²) in [5, 5.41) is -0.175. The highest BCUT2D eigenvalue weighted by molar-refractivity contribution is 7.16. The summed E-state index contributed by atoms with van der Waals surface area (Å²) in [6.07, 6.45) is 0. The maximum atomic E-state index is 13.5. The summed E-state index contributed by atoms with van der Waals surface area (Å²) in [4.78, 5) is 25.9. The lowest BCUT2D eigenvalue weighted by Crippen LogP contribution is -2.28. The number of benzene rings is 1. The number of amides is 1. The normalized spacial score (nSPS) is 14.1. The Morgan fingerprint density at radius 2 is 1.95 bits per heavy atom. The van der Waals surface area contributed by atoms with Gasteiger partial charge in [0.25, 0.3) is 11.7 Å². The van der Waals surface area contributed by atoms with Crippen LogP contribution < -0.4 is 4.90 Å². The lowest BCUT2D eigenvalue weighted by atomic mass is 10.1. The van der Waals surface area contributed by atoms with Crippen LogP contribution in [0.25, 0.3) is 0 Å². The van der Waals surface area contributed by atoms with Gasteiger partial charge in [-0.3, -0.25) is 14.5 Å². The molecule has 0 saturated carbocycles. The molecule has 1 amide bonds. The highest BCUT2D eigenvalue weighted by Crippen LogP contribution is 2.35. The molecule has 102 valence electrons. The Balaban J connectivity index is 2.03. The second-order valence-corrected chi connectivity index (χ2v) is 6.42. The summed E-state index contributed by atoms with van der Waals surface area (Å²) in [5.74, 6) is -2.03. The van der Waals surface area contributed by atoms with Crippen LogP contribution in [0.5, 0.6) is 0 Å². The largest absolute Gasteiger partial charge is 0.299 e. The molecule has 0 unspecified atom stereocenters. The van der Waals surface area contributed by atoms with E-state index < -0.39 is 17.5 Å². The SMILES string of the molecule is O=C1C(=O)N(Cc2ccc(Cl)s2)c2cc(F)c(Cl)cc21. The van der Waals surface area contributed by atoms with E-state index in [0.717, 1.165) is 10.9 Å². The lowest BCUT2D eigenvalue weighted by Gasteiger charge is -2.15. The molecule has 0 radical (unpaired) electrons. The number of hydrogen-bond acceptors (Lipinski definition) is 3. The van der Waals surface area contributed by atoms with E-state index in [4.69, 9.17) is 23.2 Å². The van der Waals surface area contributed by atoms with Crippen LogP contribution in [0.3, 0.4) is 0 Å². The number of carbonyl (C=O) groups is 2.